The van der Waals surface area contributed by atoms with Crippen LogP contribution in [0.25, 0.3) is 0 Å². The lowest BCUT2D eigenvalue weighted by atomic mass is 10.0. The molecule has 0 fully saturated rings. The van der Waals surface area contributed by atoms with Crippen LogP contribution in [0.5, 0.6) is 5.75 Å². The molecule has 1 aromatic rings. The van der Waals surface area contributed by atoms with Gasteiger partial charge in [0.25, 0.3) is 6.26 Å². The van der Waals surface area contributed by atoms with E-state index in [1.165, 1.54) is 25.3 Å². The van der Waals surface area contributed by atoms with Crippen LogP contribution in [-0.2, 0) is 11.2 Å². The SMILES string of the molecule is CC(Cc1ccc(OC#N)cc1F)C(=O)O. The van der Waals surface area contributed by atoms with Crippen molar-refractivity contribution in [2.75, 3.05) is 0 Å². The number of carboxylic acids is 1. The maximum atomic E-state index is 13.4. The van der Waals surface area contributed by atoms with E-state index in [-0.39, 0.29) is 12.2 Å². The van der Waals surface area contributed by atoms with Gasteiger partial charge in [0, 0.05) is 6.07 Å². The maximum Gasteiger partial charge on any atom is 0.306 e. The molecule has 1 atom stereocenters. The topological polar surface area (TPSA) is 70.3 Å². The molecule has 16 heavy (non-hydrogen) atoms. The Morgan fingerprint density at radius 3 is 2.88 bits per heavy atom. The summed E-state index contributed by atoms with van der Waals surface area (Å²) in [4.78, 5) is 10.6. The number of aliphatic carboxylic acids is 1. The lowest BCUT2D eigenvalue weighted by Crippen LogP contribution is -2.13. The zero-order chi connectivity index (χ0) is 12.1. The number of ether oxygens (including phenoxy) is 1. The predicted octanol–water partition coefficient (Wildman–Crippen LogP) is 1.95. The molecular weight excluding hydrogens is 213 g/mol. The number of benzene rings is 1. The third kappa shape index (κ3) is 2.95. The maximum absolute atomic E-state index is 13.4. The summed E-state index contributed by atoms with van der Waals surface area (Å²) in [5.74, 6) is -2.10. The summed E-state index contributed by atoms with van der Waals surface area (Å²) in [6, 6.07) is 3.91. The third-order valence-electron chi connectivity index (χ3n) is 2.14. The number of hydrogen-bond donors (Lipinski definition) is 1. The molecule has 0 aliphatic heterocycles. The first-order valence-electron chi connectivity index (χ1n) is 4.61. The second-order valence-electron chi connectivity index (χ2n) is 3.39. The predicted molar refractivity (Wildman–Crippen MR) is 53.1 cm³/mol. The van der Waals surface area contributed by atoms with Gasteiger partial charge in [-0.2, -0.15) is 0 Å². The average Bonchev–Trinajstić information content (AvgIpc) is 2.22. The van der Waals surface area contributed by atoms with Gasteiger partial charge in [-0.15, -0.1) is 5.26 Å². The third-order valence-corrected chi connectivity index (χ3v) is 2.14. The van der Waals surface area contributed by atoms with E-state index < -0.39 is 17.7 Å². The second-order valence-corrected chi connectivity index (χ2v) is 3.39. The Morgan fingerprint density at radius 2 is 2.38 bits per heavy atom. The number of carbonyl (C=O) groups is 1. The van der Waals surface area contributed by atoms with Crippen LogP contribution in [0.1, 0.15) is 12.5 Å². The zero-order valence-corrected chi connectivity index (χ0v) is 8.61. The lowest BCUT2D eigenvalue weighted by Gasteiger charge is -2.07. The number of rotatable bonds is 4. The number of nitrogens with zero attached hydrogens (tertiary/aromatic N) is 1. The fourth-order valence-electron chi connectivity index (χ4n) is 1.23. The number of nitriles is 1. The molecule has 0 spiro atoms. The van der Waals surface area contributed by atoms with Gasteiger partial charge in [-0.05, 0) is 18.1 Å². The smallest absolute Gasteiger partial charge is 0.306 e. The van der Waals surface area contributed by atoms with Crippen LogP contribution in [0.15, 0.2) is 18.2 Å². The first-order valence-corrected chi connectivity index (χ1v) is 4.61. The summed E-state index contributed by atoms with van der Waals surface area (Å²) in [5, 5.41) is 16.9. The Hall–Kier alpha value is -2.09. The highest BCUT2D eigenvalue weighted by molar-refractivity contribution is 5.69. The summed E-state index contributed by atoms with van der Waals surface area (Å²) in [6.45, 7) is 1.50. The molecule has 0 aromatic heterocycles. The summed E-state index contributed by atoms with van der Waals surface area (Å²) >= 11 is 0. The van der Waals surface area contributed by atoms with E-state index in [2.05, 4.69) is 4.74 Å². The van der Waals surface area contributed by atoms with Crippen molar-refractivity contribution in [3.05, 3.63) is 29.6 Å². The Bertz CT molecular complexity index is 439. The summed E-state index contributed by atoms with van der Waals surface area (Å²) in [6.07, 6.45) is 1.53. The summed E-state index contributed by atoms with van der Waals surface area (Å²) < 4.78 is 17.9. The second kappa shape index (κ2) is 5.12. The van der Waals surface area contributed by atoms with Gasteiger partial charge in [-0.3, -0.25) is 4.79 Å². The van der Waals surface area contributed by atoms with E-state index in [1.54, 1.807) is 0 Å². The van der Waals surface area contributed by atoms with Crippen molar-refractivity contribution in [1.29, 1.82) is 5.26 Å². The van der Waals surface area contributed by atoms with Gasteiger partial charge in [0.1, 0.15) is 11.6 Å². The van der Waals surface area contributed by atoms with Gasteiger partial charge >= 0.3 is 5.97 Å². The summed E-state index contributed by atoms with van der Waals surface area (Å²) in [5.41, 5.74) is 0.292. The average molecular weight is 223 g/mol. The number of hydrogen-bond acceptors (Lipinski definition) is 3. The van der Waals surface area contributed by atoms with Crippen LogP contribution in [0, 0.1) is 23.3 Å². The lowest BCUT2D eigenvalue weighted by molar-refractivity contribution is -0.141. The fraction of sp³-hybridized carbons (Fsp3) is 0.273. The van der Waals surface area contributed by atoms with Gasteiger partial charge in [-0.25, -0.2) is 4.39 Å². The number of halogens is 1. The highest BCUT2D eigenvalue weighted by Crippen LogP contribution is 2.19. The number of carboxylic acid groups (broad SMARTS) is 1. The summed E-state index contributed by atoms with van der Waals surface area (Å²) in [7, 11) is 0. The molecule has 0 aliphatic carbocycles. The minimum absolute atomic E-state index is 0.103. The Morgan fingerprint density at radius 1 is 1.69 bits per heavy atom. The molecule has 0 bridgehead atoms. The standard InChI is InChI=1S/C11H10FNO3/c1-7(11(14)15)4-8-2-3-9(16-6-13)5-10(8)12/h2-3,5,7H,4H2,1H3,(H,14,15). The largest absolute Gasteiger partial charge is 0.481 e. The first kappa shape index (κ1) is 12.0. The molecule has 1 N–H and O–H groups in total. The Labute approximate surface area is 91.9 Å². The van der Waals surface area contributed by atoms with Gasteiger partial charge in [0.2, 0.25) is 0 Å². The van der Waals surface area contributed by atoms with E-state index in [0.29, 0.717) is 5.56 Å². The molecule has 84 valence electrons. The monoisotopic (exact) mass is 223 g/mol. The van der Waals surface area contributed by atoms with Gasteiger partial charge in [0.05, 0.1) is 5.92 Å². The molecule has 1 rings (SSSR count). The molecule has 1 aromatic carbocycles. The van der Waals surface area contributed by atoms with Gasteiger partial charge < -0.3 is 9.84 Å². The van der Waals surface area contributed by atoms with Crippen molar-refractivity contribution in [2.45, 2.75) is 13.3 Å². The van der Waals surface area contributed by atoms with Crippen LogP contribution in [0.3, 0.4) is 0 Å². The van der Waals surface area contributed by atoms with E-state index in [0.717, 1.165) is 6.07 Å². The molecule has 4 nitrogen and oxygen atoms in total. The van der Waals surface area contributed by atoms with Crippen LogP contribution < -0.4 is 4.74 Å². The van der Waals surface area contributed by atoms with Crippen molar-refractivity contribution < 1.29 is 19.0 Å². The quantitative estimate of drug-likeness (QED) is 0.792. The van der Waals surface area contributed by atoms with Crippen LogP contribution in [0.2, 0.25) is 0 Å². The van der Waals surface area contributed by atoms with Gasteiger partial charge in [0.15, 0.2) is 0 Å². The van der Waals surface area contributed by atoms with Gasteiger partial charge in [-0.1, -0.05) is 13.0 Å². The zero-order valence-electron chi connectivity index (χ0n) is 8.61. The van der Waals surface area contributed by atoms with Crippen molar-refractivity contribution >= 4 is 5.97 Å². The molecular formula is C11H10FNO3. The highest BCUT2D eigenvalue weighted by Gasteiger charge is 2.14. The van der Waals surface area contributed by atoms with E-state index in [9.17, 15) is 9.18 Å². The van der Waals surface area contributed by atoms with Crippen LogP contribution in [0.4, 0.5) is 4.39 Å². The Kier molecular flexibility index (Phi) is 3.84. The normalized spacial score (nSPS) is 11.6. The van der Waals surface area contributed by atoms with Crippen LogP contribution in [-0.4, -0.2) is 11.1 Å². The van der Waals surface area contributed by atoms with Crippen molar-refractivity contribution in [3.63, 3.8) is 0 Å². The van der Waals surface area contributed by atoms with E-state index in [4.69, 9.17) is 10.4 Å². The molecule has 0 aliphatic rings. The first-order chi connectivity index (χ1) is 7.54. The minimum atomic E-state index is -0.975. The molecule has 0 heterocycles. The molecule has 0 saturated heterocycles. The molecule has 1 unspecified atom stereocenters. The van der Waals surface area contributed by atoms with Crippen molar-refractivity contribution in [1.82, 2.24) is 0 Å². The van der Waals surface area contributed by atoms with Crippen molar-refractivity contribution in [3.8, 4) is 12.0 Å². The molecule has 0 radical (unpaired) electrons. The van der Waals surface area contributed by atoms with Crippen molar-refractivity contribution in [2.24, 2.45) is 5.92 Å². The molecule has 0 saturated carbocycles. The van der Waals surface area contributed by atoms with E-state index in [1.807, 2.05) is 0 Å². The highest BCUT2D eigenvalue weighted by atomic mass is 19.1. The minimum Gasteiger partial charge on any atom is -0.481 e. The van der Waals surface area contributed by atoms with Crippen LogP contribution >= 0.6 is 0 Å². The Balaban J connectivity index is 2.83. The molecule has 5 heteroatoms. The van der Waals surface area contributed by atoms with E-state index >= 15 is 0 Å². The fourth-order valence-corrected chi connectivity index (χ4v) is 1.23. The molecule has 0 amide bonds.